The third-order valence-corrected chi connectivity index (χ3v) is 6.85. The summed E-state index contributed by atoms with van der Waals surface area (Å²) in [4.78, 5) is 4.79. The maximum atomic E-state index is 6.33. The van der Waals surface area contributed by atoms with E-state index in [1.165, 1.54) is 16.3 Å². The Bertz CT molecular complexity index is 1510. The number of benzene rings is 4. The van der Waals surface area contributed by atoms with Gasteiger partial charge in [-0.05, 0) is 41.5 Å². The third-order valence-electron chi connectivity index (χ3n) is 6.10. The second-order valence-corrected chi connectivity index (χ2v) is 9.35. The molecule has 4 nitrogen and oxygen atoms in total. The Labute approximate surface area is 202 Å². The van der Waals surface area contributed by atoms with E-state index < -0.39 is 0 Å². The second kappa shape index (κ2) is 8.76. The van der Waals surface area contributed by atoms with E-state index in [1.54, 1.807) is 11.3 Å². The Balaban J connectivity index is 1.29. The van der Waals surface area contributed by atoms with Gasteiger partial charge in [-0.3, -0.25) is 5.43 Å². The molecule has 6 rings (SSSR count). The maximum absolute atomic E-state index is 6.33. The number of rotatable bonds is 4. The van der Waals surface area contributed by atoms with Crippen molar-refractivity contribution in [1.82, 2.24) is 4.98 Å². The largest absolute Gasteiger partial charge is 0.485 e. The van der Waals surface area contributed by atoms with Crippen LogP contribution in [0.25, 0.3) is 22.0 Å². The average molecular weight is 462 g/mol. The standard InChI is InChI=1S/C29H23N3OS/c1-19-11-14-27-24(15-19)25(17-28(33-27)21-8-3-2-4-9-21)31-32-29-30-26(18-34-29)23-13-12-20-7-5-6-10-22(20)16-23/h2-16,18,28H,17H2,1H3,(H,30,32)/b31-25+. The Morgan fingerprint density at radius 1 is 0.912 bits per heavy atom. The van der Waals surface area contributed by atoms with Crippen LogP contribution < -0.4 is 10.2 Å². The molecular weight excluding hydrogens is 438 g/mol. The molecular formula is C29H23N3OS. The van der Waals surface area contributed by atoms with Gasteiger partial charge < -0.3 is 4.74 Å². The van der Waals surface area contributed by atoms with Crippen molar-refractivity contribution in [3.05, 3.63) is 113 Å². The Hall–Kier alpha value is -3.96. The number of thiazole rings is 1. The highest BCUT2D eigenvalue weighted by molar-refractivity contribution is 7.14. The molecule has 1 N–H and O–H groups in total. The molecule has 0 amide bonds. The quantitative estimate of drug-likeness (QED) is 0.280. The number of nitrogens with zero attached hydrogens (tertiary/aromatic N) is 2. The topological polar surface area (TPSA) is 46.5 Å². The summed E-state index contributed by atoms with van der Waals surface area (Å²) in [6.45, 7) is 2.09. The number of aryl methyl sites for hydroxylation is 1. The summed E-state index contributed by atoms with van der Waals surface area (Å²) >= 11 is 1.56. The fourth-order valence-corrected chi connectivity index (χ4v) is 5.00. The molecule has 2 heterocycles. The van der Waals surface area contributed by atoms with E-state index in [9.17, 15) is 0 Å². The van der Waals surface area contributed by atoms with Gasteiger partial charge in [0.25, 0.3) is 0 Å². The molecule has 0 saturated carbocycles. The molecule has 1 aliphatic heterocycles. The first kappa shape index (κ1) is 20.6. The van der Waals surface area contributed by atoms with Crippen LogP contribution in [0.15, 0.2) is 101 Å². The number of ether oxygens (including phenoxy) is 1. The van der Waals surface area contributed by atoms with Crippen molar-refractivity contribution in [3.63, 3.8) is 0 Å². The molecule has 0 bridgehead atoms. The molecule has 1 atom stereocenters. The van der Waals surface area contributed by atoms with Gasteiger partial charge in [0.05, 0.1) is 11.4 Å². The summed E-state index contributed by atoms with van der Waals surface area (Å²) in [6, 6.07) is 31.4. The van der Waals surface area contributed by atoms with Crippen LogP contribution in [0.1, 0.15) is 29.2 Å². The Morgan fingerprint density at radius 2 is 1.74 bits per heavy atom. The summed E-state index contributed by atoms with van der Waals surface area (Å²) in [6.07, 6.45) is 0.623. The van der Waals surface area contributed by atoms with Gasteiger partial charge in [-0.2, -0.15) is 5.10 Å². The molecule has 1 aliphatic rings. The average Bonchev–Trinajstić information content (AvgIpc) is 3.36. The van der Waals surface area contributed by atoms with Crippen molar-refractivity contribution in [3.8, 4) is 17.0 Å². The number of aromatic nitrogens is 1. The van der Waals surface area contributed by atoms with Gasteiger partial charge in [0.1, 0.15) is 11.9 Å². The molecule has 0 radical (unpaired) electrons. The van der Waals surface area contributed by atoms with Gasteiger partial charge in [0, 0.05) is 22.9 Å². The summed E-state index contributed by atoms with van der Waals surface area (Å²) in [5.41, 5.74) is 9.60. The maximum Gasteiger partial charge on any atom is 0.203 e. The van der Waals surface area contributed by atoms with E-state index in [4.69, 9.17) is 14.8 Å². The highest BCUT2D eigenvalue weighted by Gasteiger charge is 2.26. The van der Waals surface area contributed by atoms with Crippen LogP contribution >= 0.6 is 11.3 Å². The monoisotopic (exact) mass is 461 g/mol. The molecule has 5 heteroatoms. The fraction of sp³-hybridized carbons (Fsp3) is 0.103. The van der Waals surface area contributed by atoms with Crippen molar-refractivity contribution in [1.29, 1.82) is 0 Å². The van der Waals surface area contributed by atoms with Gasteiger partial charge in [-0.15, -0.1) is 11.3 Å². The number of nitrogens with one attached hydrogen (secondary N) is 1. The lowest BCUT2D eigenvalue weighted by molar-refractivity contribution is 0.206. The van der Waals surface area contributed by atoms with Crippen LogP contribution in [0.2, 0.25) is 0 Å². The predicted molar refractivity (Wildman–Crippen MR) is 141 cm³/mol. The smallest absolute Gasteiger partial charge is 0.203 e. The van der Waals surface area contributed by atoms with Crippen LogP contribution in [-0.4, -0.2) is 10.7 Å². The number of anilines is 1. The number of hydrazone groups is 1. The first-order chi connectivity index (χ1) is 16.7. The van der Waals surface area contributed by atoms with Crippen LogP contribution in [-0.2, 0) is 0 Å². The molecule has 1 unspecified atom stereocenters. The predicted octanol–water partition coefficient (Wildman–Crippen LogP) is 7.61. The van der Waals surface area contributed by atoms with E-state index in [0.717, 1.165) is 39.0 Å². The Kier molecular flexibility index (Phi) is 5.32. The SMILES string of the molecule is Cc1ccc2c(c1)/C(=N/Nc1nc(-c3ccc4ccccc4c3)cs1)CC(c1ccccc1)O2. The number of hydrogen-bond acceptors (Lipinski definition) is 5. The summed E-state index contributed by atoms with van der Waals surface area (Å²) in [5, 5.41) is 10.1. The van der Waals surface area contributed by atoms with E-state index in [1.807, 2.05) is 24.3 Å². The molecule has 166 valence electrons. The molecule has 0 saturated heterocycles. The van der Waals surface area contributed by atoms with Crippen molar-refractivity contribution in [2.45, 2.75) is 19.4 Å². The summed E-state index contributed by atoms with van der Waals surface area (Å²) < 4.78 is 6.33. The lowest BCUT2D eigenvalue weighted by Gasteiger charge is -2.27. The second-order valence-electron chi connectivity index (χ2n) is 8.49. The van der Waals surface area contributed by atoms with Crippen molar-refractivity contribution >= 4 is 33.0 Å². The van der Waals surface area contributed by atoms with Gasteiger partial charge in [0.15, 0.2) is 0 Å². The van der Waals surface area contributed by atoms with Gasteiger partial charge >= 0.3 is 0 Å². The van der Waals surface area contributed by atoms with Crippen molar-refractivity contribution in [2.24, 2.45) is 5.10 Å². The molecule has 0 spiro atoms. The van der Waals surface area contributed by atoms with Gasteiger partial charge in [0.2, 0.25) is 5.13 Å². The first-order valence-corrected chi connectivity index (χ1v) is 12.2. The normalized spacial score (nSPS) is 16.3. The highest BCUT2D eigenvalue weighted by Crippen LogP contribution is 2.36. The Morgan fingerprint density at radius 3 is 2.62 bits per heavy atom. The molecule has 34 heavy (non-hydrogen) atoms. The minimum Gasteiger partial charge on any atom is -0.485 e. The van der Waals surface area contributed by atoms with Crippen LogP contribution in [0.3, 0.4) is 0 Å². The summed E-state index contributed by atoms with van der Waals surface area (Å²) in [7, 11) is 0. The number of fused-ring (bicyclic) bond motifs is 2. The number of hydrogen-bond donors (Lipinski definition) is 1. The third kappa shape index (κ3) is 4.06. The molecule has 0 fully saturated rings. The lowest BCUT2D eigenvalue weighted by atomic mass is 9.94. The zero-order valence-electron chi connectivity index (χ0n) is 18.7. The van der Waals surface area contributed by atoms with Gasteiger partial charge in [-0.25, -0.2) is 4.98 Å². The van der Waals surface area contributed by atoms with Crippen LogP contribution in [0.4, 0.5) is 5.13 Å². The van der Waals surface area contributed by atoms with E-state index >= 15 is 0 Å². The highest BCUT2D eigenvalue weighted by atomic mass is 32.1. The van der Waals surface area contributed by atoms with Crippen LogP contribution in [0.5, 0.6) is 5.75 Å². The zero-order chi connectivity index (χ0) is 22.9. The minimum atomic E-state index is -0.0681. The van der Waals surface area contributed by atoms with Gasteiger partial charge in [-0.1, -0.05) is 78.4 Å². The fourth-order valence-electron chi connectivity index (χ4n) is 4.33. The van der Waals surface area contributed by atoms with Crippen LogP contribution in [0, 0.1) is 6.92 Å². The molecule has 0 aliphatic carbocycles. The lowest BCUT2D eigenvalue weighted by Crippen LogP contribution is -2.22. The van der Waals surface area contributed by atoms with E-state index in [2.05, 4.69) is 84.5 Å². The molecule has 4 aromatic carbocycles. The first-order valence-electron chi connectivity index (χ1n) is 11.3. The van der Waals surface area contributed by atoms with E-state index in [-0.39, 0.29) is 6.10 Å². The minimum absolute atomic E-state index is 0.0681. The summed E-state index contributed by atoms with van der Waals surface area (Å²) in [5.74, 6) is 0.863. The molecule has 5 aromatic rings. The molecule has 1 aromatic heterocycles. The zero-order valence-corrected chi connectivity index (χ0v) is 19.5. The van der Waals surface area contributed by atoms with E-state index in [0.29, 0.717) is 6.42 Å². The van der Waals surface area contributed by atoms with Crippen molar-refractivity contribution < 1.29 is 4.74 Å². The van der Waals surface area contributed by atoms with Crippen molar-refractivity contribution in [2.75, 3.05) is 5.43 Å².